The van der Waals surface area contributed by atoms with E-state index in [0.717, 1.165) is 21.9 Å². The van der Waals surface area contributed by atoms with E-state index in [1.165, 1.54) is 109 Å². The molecule has 11 aromatic carbocycles. The van der Waals surface area contributed by atoms with E-state index >= 15 is 0 Å². The van der Waals surface area contributed by atoms with Crippen molar-refractivity contribution in [3.8, 4) is 44.5 Å². The summed E-state index contributed by atoms with van der Waals surface area (Å²) < 4.78 is 6.57. The quantitative estimate of drug-likeness (QED) is 0.129. The number of para-hydroxylation sites is 1. The van der Waals surface area contributed by atoms with Crippen LogP contribution in [0.5, 0.6) is 0 Å². The first-order valence-electron chi connectivity index (χ1n) is 21.0. The van der Waals surface area contributed by atoms with E-state index in [1.54, 1.807) is 0 Å². The van der Waals surface area contributed by atoms with E-state index in [1.807, 2.05) is 0 Å². The molecule has 0 fully saturated rings. The van der Waals surface area contributed by atoms with Crippen LogP contribution in [0.1, 0.15) is 25.0 Å². The van der Waals surface area contributed by atoms with Gasteiger partial charge in [-0.25, -0.2) is 0 Å². The molecule has 13 rings (SSSR count). The van der Waals surface area contributed by atoms with Gasteiger partial charge in [0.1, 0.15) is 11.2 Å². The summed E-state index contributed by atoms with van der Waals surface area (Å²) in [7, 11) is 0. The average molecular weight is 763 g/mol. The van der Waals surface area contributed by atoms with E-state index in [-0.39, 0.29) is 5.41 Å². The second-order valence-corrected chi connectivity index (χ2v) is 17.1. The van der Waals surface area contributed by atoms with E-state index in [0.29, 0.717) is 0 Å². The van der Waals surface area contributed by atoms with Crippen LogP contribution >= 0.6 is 0 Å². The fourth-order valence-corrected chi connectivity index (χ4v) is 10.8. The maximum absolute atomic E-state index is 6.57. The van der Waals surface area contributed by atoms with Gasteiger partial charge in [0.2, 0.25) is 0 Å². The van der Waals surface area contributed by atoms with Crippen LogP contribution in [0.4, 0.5) is 0 Å². The fraction of sp³-hybridized carbons (Fsp3) is 0.0508. The lowest BCUT2D eigenvalue weighted by atomic mass is 9.79. The van der Waals surface area contributed by atoms with Crippen molar-refractivity contribution in [3.63, 3.8) is 0 Å². The number of furan rings is 1. The zero-order valence-corrected chi connectivity index (χ0v) is 33.4. The molecule has 0 radical (unpaired) electrons. The molecule has 0 aliphatic heterocycles. The second-order valence-electron chi connectivity index (χ2n) is 17.1. The third kappa shape index (κ3) is 4.58. The summed E-state index contributed by atoms with van der Waals surface area (Å²) in [5.74, 6) is 0. The smallest absolute Gasteiger partial charge is 0.143 e. The Labute approximate surface area is 347 Å². The predicted octanol–water partition coefficient (Wildman–Crippen LogP) is 16.7. The summed E-state index contributed by atoms with van der Waals surface area (Å²) in [5.41, 5.74) is 14.6. The molecule has 1 aliphatic rings. The fourth-order valence-electron chi connectivity index (χ4n) is 10.8. The largest absolute Gasteiger partial charge is 0.455 e. The first-order valence-corrected chi connectivity index (χ1v) is 21.0. The van der Waals surface area contributed by atoms with Crippen LogP contribution in [0.3, 0.4) is 0 Å². The molecular weight excluding hydrogens is 725 g/mol. The minimum absolute atomic E-state index is 0.199. The Morgan fingerprint density at radius 3 is 1.57 bits per heavy atom. The van der Waals surface area contributed by atoms with Crippen molar-refractivity contribution >= 4 is 75.8 Å². The van der Waals surface area contributed by atoms with Crippen molar-refractivity contribution in [3.05, 3.63) is 205 Å². The molecule has 0 atom stereocenters. The Morgan fingerprint density at radius 2 is 0.850 bits per heavy atom. The number of fused-ring (bicyclic) bond motifs is 14. The van der Waals surface area contributed by atoms with Gasteiger partial charge >= 0.3 is 0 Å². The van der Waals surface area contributed by atoms with E-state index in [4.69, 9.17) is 4.42 Å². The van der Waals surface area contributed by atoms with Gasteiger partial charge in [0, 0.05) is 21.6 Å². The van der Waals surface area contributed by atoms with Gasteiger partial charge in [0.05, 0.1) is 0 Å². The van der Waals surface area contributed by atoms with Crippen LogP contribution < -0.4 is 0 Å². The first-order chi connectivity index (χ1) is 29.5. The Hall–Kier alpha value is -7.48. The lowest BCUT2D eigenvalue weighted by Gasteiger charge is -2.23. The monoisotopic (exact) mass is 762 g/mol. The Morgan fingerprint density at radius 1 is 0.333 bits per heavy atom. The average Bonchev–Trinajstić information content (AvgIpc) is 3.80. The van der Waals surface area contributed by atoms with E-state index < -0.39 is 0 Å². The van der Waals surface area contributed by atoms with Gasteiger partial charge < -0.3 is 4.42 Å². The highest BCUT2D eigenvalue weighted by molar-refractivity contribution is 6.30. The third-order valence-corrected chi connectivity index (χ3v) is 13.6. The Bertz CT molecular complexity index is 3740. The molecule has 0 saturated carbocycles. The number of hydrogen-bond acceptors (Lipinski definition) is 1. The highest BCUT2D eigenvalue weighted by Gasteiger charge is 2.36. The molecule has 0 amide bonds. The maximum atomic E-state index is 6.57. The Balaban J connectivity index is 0.962. The van der Waals surface area contributed by atoms with Crippen LogP contribution in [0.25, 0.3) is 120 Å². The summed E-state index contributed by atoms with van der Waals surface area (Å²) in [5, 5.41) is 14.8. The lowest BCUT2D eigenvalue weighted by molar-refractivity contribution is 0.661. The second kappa shape index (κ2) is 12.3. The molecule has 1 heterocycles. The van der Waals surface area contributed by atoms with Gasteiger partial charge in [0.15, 0.2) is 0 Å². The molecule has 1 nitrogen and oxygen atoms in total. The summed E-state index contributed by atoms with van der Waals surface area (Å²) >= 11 is 0. The molecule has 0 spiro atoms. The Kier molecular flexibility index (Phi) is 6.85. The molecule has 280 valence electrons. The summed E-state index contributed by atoms with van der Waals surface area (Å²) in [6.45, 7) is 4.80. The molecular formula is C59H38O. The van der Waals surface area contributed by atoms with Gasteiger partial charge in [-0.3, -0.25) is 0 Å². The number of hydrogen-bond donors (Lipinski definition) is 0. The van der Waals surface area contributed by atoms with Crippen molar-refractivity contribution in [1.29, 1.82) is 0 Å². The van der Waals surface area contributed by atoms with Gasteiger partial charge in [0.25, 0.3) is 0 Å². The molecule has 12 aromatic rings. The van der Waals surface area contributed by atoms with Crippen LogP contribution in [-0.2, 0) is 5.41 Å². The van der Waals surface area contributed by atoms with Crippen molar-refractivity contribution in [2.24, 2.45) is 0 Å². The zero-order valence-electron chi connectivity index (χ0n) is 33.4. The van der Waals surface area contributed by atoms with Crippen molar-refractivity contribution in [2.45, 2.75) is 19.3 Å². The molecule has 0 N–H and O–H groups in total. The summed E-state index contributed by atoms with van der Waals surface area (Å²) in [6.07, 6.45) is 0. The number of benzene rings is 11. The molecule has 1 aromatic heterocycles. The third-order valence-electron chi connectivity index (χ3n) is 13.6. The summed E-state index contributed by atoms with van der Waals surface area (Å²) in [6, 6.07) is 71.9. The van der Waals surface area contributed by atoms with Crippen LogP contribution in [-0.4, -0.2) is 0 Å². The molecule has 1 heteroatoms. The SMILES string of the molecule is CC1(C)c2cc(-c3ccc4c(c3)c3ccccc3c3c5ccccc5oc43)ccc2-c2ccc(-c3c4ccccc4c(-c4cccc5ccccc45)c4ccccc34)cc21. The minimum atomic E-state index is -0.199. The molecule has 0 saturated heterocycles. The topological polar surface area (TPSA) is 13.1 Å². The maximum Gasteiger partial charge on any atom is 0.143 e. The van der Waals surface area contributed by atoms with Crippen LogP contribution in [0.2, 0.25) is 0 Å². The standard InChI is InChI=1S/C59H38O/c1-59(2)52-33-37(36-27-31-49-51(32-36)40-17-5-6-18-44(40)57-50-23-11-12-25-54(50)60-58(49)57)26-29-41(52)42-30-28-38(34-53(42)59)55-45-19-7-9-21-47(45)56(48-22-10-8-20-46(48)55)43-24-13-15-35-14-3-4-16-39(35)43/h3-34H,1-2H3. The van der Waals surface area contributed by atoms with Crippen molar-refractivity contribution in [2.75, 3.05) is 0 Å². The summed E-state index contributed by atoms with van der Waals surface area (Å²) in [4.78, 5) is 0. The first kappa shape index (κ1) is 33.5. The molecule has 0 unspecified atom stereocenters. The molecule has 60 heavy (non-hydrogen) atoms. The zero-order chi connectivity index (χ0) is 39.7. The highest BCUT2D eigenvalue weighted by atomic mass is 16.3. The molecule has 1 aliphatic carbocycles. The number of rotatable bonds is 3. The van der Waals surface area contributed by atoms with Crippen LogP contribution in [0.15, 0.2) is 199 Å². The highest BCUT2D eigenvalue weighted by Crippen LogP contribution is 2.53. The van der Waals surface area contributed by atoms with Gasteiger partial charge in [-0.1, -0.05) is 178 Å². The van der Waals surface area contributed by atoms with Gasteiger partial charge in [-0.15, -0.1) is 0 Å². The van der Waals surface area contributed by atoms with E-state index in [2.05, 4.69) is 208 Å². The normalized spacial score (nSPS) is 13.3. The van der Waals surface area contributed by atoms with Gasteiger partial charge in [-0.05, 0) is 134 Å². The lowest BCUT2D eigenvalue weighted by Crippen LogP contribution is -2.15. The predicted molar refractivity (Wildman–Crippen MR) is 255 cm³/mol. The molecule has 0 bridgehead atoms. The van der Waals surface area contributed by atoms with Crippen molar-refractivity contribution < 1.29 is 4.42 Å². The van der Waals surface area contributed by atoms with E-state index in [9.17, 15) is 0 Å². The minimum Gasteiger partial charge on any atom is -0.455 e. The van der Waals surface area contributed by atoms with Crippen LogP contribution in [0, 0.1) is 0 Å². The van der Waals surface area contributed by atoms with Crippen molar-refractivity contribution in [1.82, 2.24) is 0 Å². The van der Waals surface area contributed by atoms with Gasteiger partial charge in [-0.2, -0.15) is 0 Å².